The van der Waals surface area contributed by atoms with Crippen molar-refractivity contribution in [3.05, 3.63) is 65.7 Å². The van der Waals surface area contributed by atoms with Crippen molar-refractivity contribution in [2.24, 2.45) is 0 Å². The second-order valence-electron chi connectivity index (χ2n) is 7.20. The summed E-state index contributed by atoms with van der Waals surface area (Å²) in [6.07, 6.45) is 2.25. The third kappa shape index (κ3) is 5.36. The molecule has 1 aliphatic heterocycles. The van der Waals surface area contributed by atoms with Crippen LogP contribution in [0.15, 0.2) is 54.6 Å². The number of allylic oxidation sites excluding steroid dienone is 1. The molecule has 0 aromatic heterocycles. The van der Waals surface area contributed by atoms with Gasteiger partial charge in [-0.1, -0.05) is 35.9 Å². The Morgan fingerprint density at radius 2 is 1.68 bits per heavy atom. The highest BCUT2D eigenvalue weighted by molar-refractivity contribution is 5.89. The molecule has 0 bridgehead atoms. The summed E-state index contributed by atoms with van der Waals surface area (Å²) in [5.74, 6) is 0.872. The number of aryl methyl sites for hydroxylation is 1. The van der Waals surface area contributed by atoms with E-state index in [0.717, 1.165) is 44.2 Å². The van der Waals surface area contributed by atoms with Gasteiger partial charge in [0, 0.05) is 38.4 Å². The fourth-order valence-electron chi connectivity index (χ4n) is 3.21. The van der Waals surface area contributed by atoms with Crippen molar-refractivity contribution in [2.75, 3.05) is 45.2 Å². The third-order valence-electron chi connectivity index (χ3n) is 5.16. The van der Waals surface area contributed by atoms with Crippen molar-refractivity contribution in [3.8, 4) is 5.75 Å². The minimum absolute atomic E-state index is 0.0199. The first kappa shape index (κ1) is 20.0. The zero-order valence-electron chi connectivity index (χ0n) is 16.9. The Labute approximate surface area is 167 Å². The lowest BCUT2D eigenvalue weighted by Gasteiger charge is -2.34. The summed E-state index contributed by atoms with van der Waals surface area (Å²) in [7, 11) is 1.68. The van der Waals surface area contributed by atoms with E-state index in [1.54, 1.807) is 7.11 Å². The Bertz CT molecular complexity index is 805. The Morgan fingerprint density at radius 1 is 1.04 bits per heavy atom. The van der Waals surface area contributed by atoms with Crippen LogP contribution in [0.3, 0.4) is 0 Å². The van der Waals surface area contributed by atoms with Gasteiger partial charge in [-0.25, -0.2) is 4.79 Å². The molecule has 5 heteroatoms. The summed E-state index contributed by atoms with van der Waals surface area (Å²) in [6, 6.07) is 16.0. The Kier molecular flexibility index (Phi) is 6.71. The lowest BCUT2D eigenvalue weighted by atomic mass is 10.1. The quantitative estimate of drug-likeness (QED) is 0.844. The number of piperazine rings is 1. The van der Waals surface area contributed by atoms with Crippen LogP contribution < -0.4 is 10.1 Å². The van der Waals surface area contributed by atoms with Crippen LogP contribution in [0.4, 0.5) is 10.5 Å². The summed E-state index contributed by atoms with van der Waals surface area (Å²) >= 11 is 0. The van der Waals surface area contributed by atoms with Gasteiger partial charge in [0.2, 0.25) is 0 Å². The third-order valence-corrected chi connectivity index (χ3v) is 5.16. The molecule has 0 radical (unpaired) electrons. The fraction of sp³-hybridized carbons (Fsp3) is 0.348. The average Bonchev–Trinajstić information content (AvgIpc) is 2.74. The van der Waals surface area contributed by atoms with E-state index < -0.39 is 0 Å². The monoisotopic (exact) mass is 379 g/mol. The van der Waals surface area contributed by atoms with Crippen LogP contribution in [0, 0.1) is 6.92 Å². The van der Waals surface area contributed by atoms with Gasteiger partial charge >= 0.3 is 6.03 Å². The molecule has 0 spiro atoms. The number of nitrogens with zero attached hydrogens (tertiary/aromatic N) is 2. The van der Waals surface area contributed by atoms with Gasteiger partial charge in [0.15, 0.2) is 0 Å². The Morgan fingerprint density at radius 3 is 2.29 bits per heavy atom. The number of amides is 2. The van der Waals surface area contributed by atoms with Crippen molar-refractivity contribution in [1.29, 1.82) is 0 Å². The smallest absolute Gasteiger partial charge is 0.321 e. The number of nitrogens with one attached hydrogen (secondary N) is 1. The van der Waals surface area contributed by atoms with Gasteiger partial charge in [0.25, 0.3) is 0 Å². The molecule has 2 amide bonds. The maximum Gasteiger partial charge on any atom is 0.321 e. The van der Waals surface area contributed by atoms with E-state index in [9.17, 15) is 4.79 Å². The van der Waals surface area contributed by atoms with Gasteiger partial charge in [-0.05, 0) is 49.2 Å². The molecule has 2 aromatic rings. The molecular weight excluding hydrogens is 350 g/mol. The maximum absolute atomic E-state index is 12.4. The molecule has 148 valence electrons. The molecule has 5 nitrogen and oxygen atoms in total. The number of benzene rings is 2. The van der Waals surface area contributed by atoms with Crippen molar-refractivity contribution in [3.63, 3.8) is 0 Å². The Balaban J connectivity index is 1.46. The summed E-state index contributed by atoms with van der Waals surface area (Å²) in [5, 5.41) is 2.98. The van der Waals surface area contributed by atoms with Crippen LogP contribution in [-0.4, -0.2) is 55.7 Å². The summed E-state index contributed by atoms with van der Waals surface area (Å²) in [5.41, 5.74) is 4.49. The maximum atomic E-state index is 12.4. The number of ether oxygens (including phenoxy) is 1. The number of urea groups is 1. The molecule has 0 aliphatic carbocycles. The highest BCUT2D eigenvalue weighted by Gasteiger charge is 2.20. The Hall–Kier alpha value is -2.79. The van der Waals surface area contributed by atoms with E-state index in [0.29, 0.717) is 0 Å². The van der Waals surface area contributed by atoms with Crippen molar-refractivity contribution in [2.45, 2.75) is 13.8 Å². The first-order valence-electron chi connectivity index (χ1n) is 9.71. The van der Waals surface area contributed by atoms with E-state index in [-0.39, 0.29) is 6.03 Å². The second kappa shape index (κ2) is 9.42. The molecule has 1 fully saturated rings. The number of methoxy groups -OCH3 is 1. The normalized spacial score (nSPS) is 15.4. The summed E-state index contributed by atoms with van der Waals surface area (Å²) < 4.78 is 5.21. The molecule has 0 saturated carbocycles. The number of hydrogen-bond donors (Lipinski definition) is 1. The molecule has 28 heavy (non-hydrogen) atoms. The first-order chi connectivity index (χ1) is 13.5. The van der Waals surface area contributed by atoms with Crippen LogP contribution in [0.5, 0.6) is 5.75 Å². The van der Waals surface area contributed by atoms with Gasteiger partial charge in [-0.3, -0.25) is 4.90 Å². The second-order valence-corrected chi connectivity index (χ2v) is 7.20. The van der Waals surface area contributed by atoms with E-state index >= 15 is 0 Å². The van der Waals surface area contributed by atoms with Crippen molar-refractivity contribution >= 4 is 17.3 Å². The lowest BCUT2D eigenvalue weighted by Crippen LogP contribution is -2.49. The standard InChI is InChI=1S/C23H29N3O2/c1-18-4-8-21(9-5-18)24-23(27)26-16-14-25(15-17-26)13-12-19(2)20-6-10-22(28-3)11-7-20/h4-12H,13-17H2,1-3H3,(H,24,27)/b19-12+. The van der Waals surface area contributed by atoms with E-state index in [1.807, 2.05) is 48.2 Å². The van der Waals surface area contributed by atoms with Crippen molar-refractivity contribution in [1.82, 2.24) is 9.80 Å². The number of anilines is 1. The highest BCUT2D eigenvalue weighted by Crippen LogP contribution is 2.18. The van der Waals surface area contributed by atoms with Gasteiger partial charge in [-0.15, -0.1) is 0 Å². The van der Waals surface area contributed by atoms with Crippen LogP contribution >= 0.6 is 0 Å². The minimum atomic E-state index is -0.0199. The molecular formula is C23H29N3O2. The van der Waals surface area contributed by atoms with Gasteiger partial charge in [0.05, 0.1) is 7.11 Å². The average molecular weight is 380 g/mol. The lowest BCUT2D eigenvalue weighted by molar-refractivity contribution is 0.156. The predicted molar refractivity (Wildman–Crippen MR) is 115 cm³/mol. The zero-order valence-corrected chi connectivity index (χ0v) is 16.9. The fourth-order valence-corrected chi connectivity index (χ4v) is 3.21. The van der Waals surface area contributed by atoms with Crippen LogP contribution in [0.25, 0.3) is 5.57 Å². The molecule has 1 saturated heterocycles. The minimum Gasteiger partial charge on any atom is -0.497 e. The van der Waals surface area contributed by atoms with Crippen LogP contribution in [0.2, 0.25) is 0 Å². The predicted octanol–water partition coefficient (Wildman–Crippen LogP) is 4.26. The molecule has 0 atom stereocenters. The molecule has 3 rings (SSSR count). The number of carbonyl (C=O) groups excluding carboxylic acids is 1. The highest BCUT2D eigenvalue weighted by atomic mass is 16.5. The van der Waals surface area contributed by atoms with Crippen molar-refractivity contribution < 1.29 is 9.53 Å². The van der Waals surface area contributed by atoms with Crippen LogP contribution in [0.1, 0.15) is 18.1 Å². The molecule has 1 N–H and O–H groups in total. The summed E-state index contributed by atoms with van der Waals surface area (Å²) in [6.45, 7) is 8.32. The van der Waals surface area contributed by atoms with E-state index in [1.165, 1.54) is 16.7 Å². The molecule has 0 unspecified atom stereocenters. The zero-order chi connectivity index (χ0) is 19.9. The largest absolute Gasteiger partial charge is 0.497 e. The number of carbonyl (C=O) groups is 1. The first-order valence-corrected chi connectivity index (χ1v) is 9.71. The number of hydrogen-bond acceptors (Lipinski definition) is 3. The van der Waals surface area contributed by atoms with Gasteiger partial charge < -0.3 is 15.0 Å². The molecule has 1 aliphatic rings. The SMILES string of the molecule is COc1ccc(/C(C)=C/CN2CCN(C(=O)Nc3ccc(C)cc3)CC2)cc1. The molecule has 2 aromatic carbocycles. The van der Waals surface area contributed by atoms with Gasteiger partial charge in [-0.2, -0.15) is 0 Å². The van der Waals surface area contributed by atoms with Gasteiger partial charge in [0.1, 0.15) is 5.75 Å². The topological polar surface area (TPSA) is 44.8 Å². The van der Waals surface area contributed by atoms with E-state index in [4.69, 9.17) is 4.74 Å². The number of rotatable bonds is 5. The summed E-state index contributed by atoms with van der Waals surface area (Å²) in [4.78, 5) is 16.7. The molecule has 1 heterocycles. The van der Waals surface area contributed by atoms with E-state index in [2.05, 4.69) is 35.3 Å². The van der Waals surface area contributed by atoms with Crippen LogP contribution in [-0.2, 0) is 0 Å².